The number of halogens is 2. The number of hydrogen-bond acceptors (Lipinski definition) is 9. The van der Waals surface area contributed by atoms with Gasteiger partial charge in [0.25, 0.3) is 5.91 Å². The standard InChI is InChI=1S/C38H41Cl2N9O/c1-22-9-10-25(16-30(22)39)43-34-24(18-41)19-42-35-29(34)15-26(17-31(35)40)44-36(28-8-6-7-23-20-47(5)37(50)33(23)28)32-21-49(46-45-32)27-11-13-48(14-12-27)38(2,3)4/h6-10,15-17,19,21,27,36,44-46H,11-14,20H2,1-5H3,(H,42,43)/t36-/m0/s1. The summed E-state index contributed by atoms with van der Waals surface area (Å²) >= 11 is 13.4. The summed E-state index contributed by atoms with van der Waals surface area (Å²) in [6, 6.07) is 17.6. The summed E-state index contributed by atoms with van der Waals surface area (Å²) in [4.78, 5) is 22.3. The third-order valence-corrected chi connectivity index (χ3v) is 10.7. The predicted molar refractivity (Wildman–Crippen MR) is 200 cm³/mol. The molecule has 3 aliphatic rings. The molecule has 50 heavy (non-hydrogen) atoms. The Morgan fingerprint density at radius 1 is 1.06 bits per heavy atom. The maximum absolute atomic E-state index is 13.5. The van der Waals surface area contributed by atoms with Crippen LogP contribution >= 0.6 is 23.2 Å². The molecule has 1 saturated heterocycles. The van der Waals surface area contributed by atoms with E-state index >= 15 is 0 Å². The van der Waals surface area contributed by atoms with Crippen LogP contribution in [0.3, 0.4) is 0 Å². The minimum atomic E-state index is -0.444. The van der Waals surface area contributed by atoms with Gasteiger partial charge in [-0.05, 0) is 81.5 Å². The summed E-state index contributed by atoms with van der Waals surface area (Å²) in [5.41, 5.74) is 14.3. The monoisotopic (exact) mass is 709 g/mol. The lowest BCUT2D eigenvalue weighted by molar-refractivity contribution is 0.0570. The van der Waals surface area contributed by atoms with Gasteiger partial charge in [-0.3, -0.25) is 19.7 Å². The van der Waals surface area contributed by atoms with E-state index in [1.807, 2.05) is 62.5 Å². The van der Waals surface area contributed by atoms with Crippen LogP contribution in [0.25, 0.3) is 10.9 Å². The summed E-state index contributed by atoms with van der Waals surface area (Å²) in [6.07, 6.45) is 5.68. The zero-order valence-corrected chi connectivity index (χ0v) is 30.4. The highest BCUT2D eigenvalue weighted by molar-refractivity contribution is 6.36. The van der Waals surface area contributed by atoms with Gasteiger partial charge in [-0.15, -0.1) is 5.53 Å². The second-order valence-corrected chi connectivity index (χ2v) is 15.2. The van der Waals surface area contributed by atoms with E-state index in [9.17, 15) is 10.1 Å². The number of carbonyl (C=O) groups excluding carboxylic acids is 1. The number of amides is 1. The molecule has 3 aromatic carbocycles. The molecule has 0 aliphatic carbocycles. The summed E-state index contributed by atoms with van der Waals surface area (Å²) in [5, 5.41) is 21.1. The number of nitrogens with zero attached hydrogens (tertiary/aromatic N) is 5. The average Bonchev–Trinajstić information content (AvgIpc) is 3.69. The number of likely N-dealkylation sites (tertiary alicyclic amines) is 1. The van der Waals surface area contributed by atoms with Crippen LogP contribution in [0.5, 0.6) is 0 Å². The normalized spacial score (nSPS) is 17.4. The molecule has 7 rings (SSSR count). The molecule has 12 heteroatoms. The topological polar surface area (TPSA) is 112 Å². The minimum Gasteiger partial charge on any atom is -0.373 e. The van der Waals surface area contributed by atoms with Crippen LogP contribution in [-0.4, -0.2) is 57.4 Å². The quantitative estimate of drug-likeness (QED) is 0.154. The van der Waals surface area contributed by atoms with Gasteiger partial charge in [0.05, 0.1) is 39.1 Å². The first-order chi connectivity index (χ1) is 23.9. The Morgan fingerprint density at radius 3 is 2.54 bits per heavy atom. The van der Waals surface area contributed by atoms with Crippen LogP contribution in [0, 0.1) is 18.3 Å². The average molecular weight is 711 g/mol. The van der Waals surface area contributed by atoms with E-state index in [-0.39, 0.29) is 11.4 Å². The van der Waals surface area contributed by atoms with Crippen molar-refractivity contribution in [2.24, 2.45) is 0 Å². The molecule has 1 aromatic heterocycles. The Labute approximate surface area is 303 Å². The van der Waals surface area contributed by atoms with Gasteiger partial charge < -0.3 is 21.0 Å². The van der Waals surface area contributed by atoms with Gasteiger partial charge in [0.15, 0.2) is 0 Å². The number of hydrazine groups is 2. The molecule has 0 bridgehead atoms. The van der Waals surface area contributed by atoms with Crippen LogP contribution in [0.4, 0.5) is 17.1 Å². The van der Waals surface area contributed by atoms with Crippen LogP contribution in [0.2, 0.25) is 10.0 Å². The molecule has 4 aromatic rings. The minimum absolute atomic E-state index is 0.0111. The number of fused-ring (bicyclic) bond motifs is 2. The number of piperidine rings is 1. The smallest absolute Gasteiger partial charge is 0.254 e. The Bertz CT molecular complexity index is 2060. The first-order valence-electron chi connectivity index (χ1n) is 16.9. The van der Waals surface area contributed by atoms with Gasteiger partial charge in [0.2, 0.25) is 0 Å². The third kappa shape index (κ3) is 6.42. The number of benzene rings is 3. The molecular formula is C38H41Cl2N9O. The molecule has 0 unspecified atom stereocenters. The molecule has 10 nitrogen and oxygen atoms in total. The molecule has 3 aliphatic heterocycles. The van der Waals surface area contributed by atoms with E-state index < -0.39 is 6.04 Å². The van der Waals surface area contributed by atoms with Gasteiger partial charge in [-0.25, -0.2) is 0 Å². The first kappa shape index (κ1) is 33.9. The van der Waals surface area contributed by atoms with Crippen LogP contribution in [0.15, 0.2) is 66.6 Å². The van der Waals surface area contributed by atoms with E-state index in [4.69, 9.17) is 23.2 Å². The predicted octanol–water partition coefficient (Wildman–Crippen LogP) is 7.63. The fraction of sp³-hybridized carbons (Fsp3) is 0.342. The van der Waals surface area contributed by atoms with E-state index in [2.05, 4.69) is 69.5 Å². The maximum atomic E-state index is 13.5. The second kappa shape index (κ2) is 13.3. The van der Waals surface area contributed by atoms with Crippen molar-refractivity contribution in [1.29, 1.82) is 5.26 Å². The summed E-state index contributed by atoms with van der Waals surface area (Å²) in [6.45, 7) is 11.3. The van der Waals surface area contributed by atoms with Crippen LogP contribution < -0.4 is 21.6 Å². The van der Waals surface area contributed by atoms with Gasteiger partial charge >= 0.3 is 0 Å². The second-order valence-electron chi connectivity index (χ2n) is 14.3. The molecule has 0 spiro atoms. The SMILES string of the molecule is Cc1ccc(Nc2c(C#N)cnc3c(Cl)cc(N[C@H](C4=CN(C5CCN(C(C)(C)C)CC5)NN4)c4cccc5c4C(=O)N(C)C5)cc23)cc1Cl. The lowest BCUT2D eigenvalue weighted by atomic mass is 9.94. The largest absolute Gasteiger partial charge is 0.373 e. The number of hydrogen-bond donors (Lipinski definition) is 4. The maximum Gasteiger partial charge on any atom is 0.254 e. The van der Waals surface area contributed by atoms with Crippen molar-refractivity contribution in [2.45, 2.75) is 64.7 Å². The Hall–Kier alpha value is -4.53. The molecule has 4 heterocycles. The highest BCUT2D eigenvalue weighted by atomic mass is 35.5. The van der Waals surface area contributed by atoms with E-state index in [1.54, 1.807) is 4.90 Å². The van der Waals surface area contributed by atoms with Crippen molar-refractivity contribution in [1.82, 2.24) is 30.8 Å². The van der Waals surface area contributed by atoms with Crippen molar-refractivity contribution in [2.75, 3.05) is 30.8 Å². The number of aromatic nitrogens is 1. The zero-order chi connectivity index (χ0) is 35.3. The number of rotatable bonds is 7. The number of aryl methyl sites for hydroxylation is 1. The summed E-state index contributed by atoms with van der Waals surface area (Å²) < 4.78 is 0. The molecule has 1 atom stereocenters. The first-order valence-corrected chi connectivity index (χ1v) is 17.6. The van der Waals surface area contributed by atoms with Crippen molar-refractivity contribution >= 4 is 57.1 Å². The molecule has 1 fully saturated rings. The number of anilines is 3. The molecule has 258 valence electrons. The third-order valence-electron chi connectivity index (χ3n) is 9.98. The fourth-order valence-corrected chi connectivity index (χ4v) is 7.59. The Morgan fingerprint density at radius 2 is 1.82 bits per heavy atom. The molecule has 0 radical (unpaired) electrons. The summed E-state index contributed by atoms with van der Waals surface area (Å²) in [5.74, 6) is -0.0111. The fourth-order valence-electron chi connectivity index (χ4n) is 7.14. The van der Waals surface area contributed by atoms with E-state index in [0.717, 1.165) is 54.0 Å². The number of nitriles is 1. The van der Waals surface area contributed by atoms with Gasteiger partial charge in [-0.2, -0.15) is 5.26 Å². The van der Waals surface area contributed by atoms with E-state index in [0.29, 0.717) is 56.0 Å². The van der Waals surface area contributed by atoms with Crippen molar-refractivity contribution < 1.29 is 4.79 Å². The van der Waals surface area contributed by atoms with Gasteiger partial charge in [-0.1, -0.05) is 47.5 Å². The van der Waals surface area contributed by atoms with Crippen molar-refractivity contribution in [3.8, 4) is 6.07 Å². The lowest BCUT2D eigenvalue weighted by Crippen LogP contribution is -2.52. The van der Waals surface area contributed by atoms with Crippen LogP contribution in [-0.2, 0) is 6.54 Å². The molecular weight excluding hydrogens is 669 g/mol. The van der Waals surface area contributed by atoms with Gasteiger partial charge in [0, 0.05) is 72.4 Å². The van der Waals surface area contributed by atoms with E-state index in [1.165, 1.54) is 6.20 Å². The van der Waals surface area contributed by atoms with Crippen molar-refractivity contribution in [3.63, 3.8) is 0 Å². The molecule has 4 N–H and O–H groups in total. The number of carbonyl (C=O) groups is 1. The van der Waals surface area contributed by atoms with Gasteiger partial charge in [0.1, 0.15) is 6.07 Å². The summed E-state index contributed by atoms with van der Waals surface area (Å²) in [7, 11) is 1.83. The zero-order valence-electron chi connectivity index (χ0n) is 28.9. The highest BCUT2D eigenvalue weighted by Gasteiger charge is 2.35. The highest BCUT2D eigenvalue weighted by Crippen LogP contribution is 2.39. The Balaban J connectivity index is 1.28. The molecule has 1 amide bonds. The lowest BCUT2D eigenvalue weighted by Gasteiger charge is -2.42. The van der Waals surface area contributed by atoms with Crippen LogP contribution in [0.1, 0.15) is 72.3 Å². The Kier molecular flexibility index (Phi) is 9.03. The number of nitrogens with one attached hydrogen (secondary N) is 4. The number of pyridine rings is 1. The molecule has 0 saturated carbocycles. The van der Waals surface area contributed by atoms with Crippen molar-refractivity contribution in [3.05, 3.63) is 104 Å².